The molecule has 2 atom stereocenters. The molecule has 1 saturated heterocycles. The molecule has 2 amide bonds. The summed E-state index contributed by atoms with van der Waals surface area (Å²) in [5.74, 6) is 1.20. The molecule has 4 aliphatic rings. The number of fused-ring (bicyclic) bond motifs is 2. The van der Waals surface area contributed by atoms with E-state index in [4.69, 9.17) is 0 Å². The SMILES string of the molecule is CC1(C)[C@H]2CC=C(Cn3cc(C=C4SC(=O)NC4=O)c4ccccc43)[C@H]1C2. The normalized spacial score (nSPS) is 27.6. The van der Waals surface area contributed by atoms with Gasteiger partial charge in [-0.2, -0.15) is 0 Å². The van der Waals surface area contributed by atoms with Crippen LogP contribution in [0.5, 0.6) is 0 Å². The van der Waals surface area contributed by atoms with Gasteiger partial charge >= 0.3 is 0 Å². The molecule has 1 saturated carbocycles. The fourth-order valence-corrected chi connectivity index (χ4v) is 5.61. The molecule has 5 heteroatoms. The first-order chi connectivity index (χ1) is 12.9. The van der Waals surface area contributed by atoms with Gasteiger partial charge in [0, 0.05) is 29.2 Å². The number of thioether (sulfide) groups is 1. The number of hydrogen-bond acceptors (Lipinski definition) is 3. The lowest BCUT2D eigenvalue weighted by atomic mass is 9.49. The molecule has 2 heterocycles. The van der Waals surface area contributed by atoms with Crippen molar-refractivity contribution in [2.24, 2.45) is 17.3 Å². The van der Waals surface area contributed by atoms with E-state index in [2.05, 4.69) is 54.2 Å². The monoisotopic (exact) mass is 378 g/mol. The summed E-state index contributed by atoms with van der Waals surface area (Å²) in [5, 5.41) is 3.14. The average molecular weight is 378 g/mol. The lowest BCUT2D eigenvalue weighted by molar-refractivity contribution is -0.115. The largest absolute Gasteiger partial charge is 0.343 e. The van der Waals surface area contributed by atoms with Crippen LogP contribution in [0.15, 0.2) is 47.0 Å². The zero-order chi connectivity index (χ0) is 18.8. The highest BCUT2D eigenvalue weighted by molar-refractivity contribution is 8.18. The molecule has 0 spiro atoms. The fraction of sp³-hybridized carbons (Fsp3) is 0.364. The zero-order valence-corrected chi connectivity index (χ0v) is 16.3. The lowest BCUT2D eigenvalue weighted by Crippen LogP contribution is -2.48. The van der Waals surface area contributed by atoms with Crippen molar-refractivity contribution in [3.8, 4) is 0 Å². The van der Waals surface area contributed by atoms with Crippen molar-refractivity contribution >= 4 is 39.9 Å². The maximum absolute atomic E-state index is 11.9. The second-order valence-electron chi connectivity index (χ2n) is 8.40. The summed E-state index contributed by atoms with van der Waals surface area (Å²) < 4.78 is 2.29. The highest BCUT2D eigenvalue weighted by atomic mass is 32.2. The third-order valence-corrected chi connectivity index (χ3v) is 7.49. The van der Waals surface area contributed by atoms with Gasteiger partial charge in [0.05, 0.1) is 4.91 Å². The van der Waals surface area contributed by atoms with E-state index >= 15 is 0 Å². The van der Waals surface area contributed by atoms with Gasteiger partial charge in [-0.1, -0.05) is 43.7 Å². The van der Waals surface area contributed by atoms with E-state index in [1.165, 1.54) is 23.9 Å². The maximum Gasteiger partial charge on any atom is 0.290 e. The Morgan fingerprint density at radius 2 is 2.11 bits per heavy atom. The summed E-state index contributed by atoms with van der Waals surface area (Å²) >= 11 is 0.969. The van der Waals surface area contributed by atoms with E-state index in [0.717, 1.165) is 35.2 Å². The number of amides is 2. The minimum absolute atomic E-state index is 0.302. The highest BCUT2D eigenvalue weighted by Gasteiger charge is 2.50. The summed E-state index contributed by atoms with van der Waals surface area (Å²) in [6, 6.07) is 8.27. The number of carbonyl (C=O) groups is 2. The molecule has 4 nitrogen and oxygen atoms in total. The molecule has 1 aliphatic heterocycles. The molecule has 27 heavy (non-hydrogen) atoms. The smallest absolute Gasteiger partial charge is 0.290 e. The van der Waals surface area contributed by atoms with E-state index in [0.29, 0.717) is 16.2 Å². The molecule has 1 aromatic carbocycles. The standard InChI is InChI=1S/C22H22N2O2S/c1-22(2)15-8-7-13(17(22)10-15)11-24-12-14(16-5-3-4-6-18(16)24)9-19-20(25)23-21(26)27-19/h3-7,9,12,15,17H,8,10-11H2,1-2H3,(H,23,25,26)/t15-,17+/m0/s1. The zero-order valence-electron chi connectivity index (χ0n) is 15.5. The Hall–Kier alpha value is -2.27. The number of allylic oxidation sites excluding steroid dienone is 2. The van der Waals surface area contributed by atoms with Crippen LogP contribution in [0.25, 0.3) is 17.0 Å². The highest BCUT2D eigenvalue weighted by Crippen LogP contribution is 2.59. The van der Waals surface area contributed by atoms with E-state index in [-0.39, 0.29) is 11.1 Å². The van der Waals surface area contributed by atoms with Crippen molar-refractivity contribution in [3.05, 3.63) is 52.6 Å². The van der Waals surface area contributed by atoms with Crippen molar-refractivity contribution in [1.82, 2.24) is 9.88 Å². The topological polar surface area (TPSA) is 51.1 Å². The summed E-state index contributed by atoms with van der Waals surface area (Å²) in [6.45, 7) is 5.69. The maximum atomic E-state index is 11.9. The molecule has 6 rings (SSSR count). The first-order valence-corrected chi connectivity index (χ1v) is 10.3. The number of hydrogen-bond donors (Lipinski definition) is 1. The summed E-state index contributed by atoms with van der Waals surface area (Å²) in [6.07, 6.45) is 8.90. The number of aromatic nitrogens is 1. The Balaban J connectivity index is 1.53. The van der Waals surface area contributed by atoms with Gasteiger partial charge in [-0.25, -0.2) is 0 Å². The van der Waals surface area contributed by atoms with Gasteiger partial charge in [0.2, 0.25) is 0 Å². The van der Waals surface area contributed by atoms with Crippen LogP contribution < -0.4 is 5.32 Å². The third-order valence-electron chi connectivity index (χ3n) is 6.68. The molecule has 2 aromatic rings. The van der Waals surface area contributed by atoms with Gasteiger partial charge in [0.15, 0.2) is 0 Å². The van der Waals surface area contributed by atoms with Crippen LogP contribution in [-0.4, -0.2) is 15.7 Å². The van der Waals surface area contributed by atoms with Gasteiger partial charge in [-0.3, -0.25) is 14.9 Å². The number of nitrogens with zero attached hydrogens (tertiary/aromatic N) is 1. The number of carbonyl (C=O) groups excluding carboxylic acids is 2. The molecule has 1 aromatic heterocycles. The van der Waals surface area contributed by atoms with Crippen molar-refractivity contribution in [3.63, 3.8) is 0 Å². The number of benzene rings is 1. The van der Waals surface area contributed by atoms with Crippen LogP contribution in [0.2, 0.25) is 0 Å². The average Bonchev–Trinajstić information content (AvgIpc) is 3.15. The Bertz CT molecular complexity index is 1040. The Kier molecular flexibility index (Phi) is 3.66. The van der Waals surface area contributed by atoms with Gasteiger partial charge < -0.3 is 4.57 Å². The second kappa shape index (κ2) is 5.86. The first-order valence-electron chi connectivity index (χ1n) is 9.45. The van der Waals surface area contributed by atoms with Crippen LogP contribution in [0.3, 0.4) is 0 Å². The number of rotatable bonds is 3. The predicted octanol–water partition coefficient (Wildman–Crippen LogP) is 4.96. The van der Waals surface area contributed by atoms with Gasteiger partial charge in [0.1, 0.15) is 0 Å². The molecule has 2 fully saturated rings. The minimum Gasteiger partial charge on any atom is -0.343 e. The lowest BCUT2D eigenvalue weighted by Gasteiger charge is -2.56. The van der Waals surface area contributed by atoms with Crippen LogP contribution in [-0.2, 0) is 11.3 Å². The van der Waals surface area contributed by atoms with E-state index in [1.807, 2.05) is 12.1 Å². The Morgan fingerprint density at radius 1 is 1.30 bits per heavy atom. The van der Waals surface area contributed by atoms with E-state index in [9.17, 15) is 9.59 Å². The van der Waals surface area contributed by atoms with Crippen LogP contribution in [0, 0.1) is 17.3 Å². The molecule has 138 valence electrons. The predicted molar refractivity (Wildman–Crippen MR) is 109 cm³/mol. The van der Waals surface area contributed by atoms with Crippen LogP contribution >= 0.6 is 11.8 Å². The van der Waals surface area contributed by atoms with Crippen molar-refractivity contribution in [1.29, 1.82) is 0 Å². The van der Waals surface area contributed by atoms with Gasteiger partial charge in [-0.15, -0.1) is 0 Å². The number of imide groups is 1. The first kappa shape index (κ1) is 16.9. The summed E-state index contributed by atoms with van der Waals surface area (Å²) in [5.41, 5.74) is 4.10. The fourth-order valence-electron chi connectivity index (χ4n) is 4.94. The number of nitrogens with one attached hydrogen (secondary N) is 1. The summed E-state index contributed by atoms with van der Waals surface area (Å²) in [4.78, 5) is 23.9. The van der Waals surface area contributed by atoms with E-state index < -0.39 is 0 Å². The molecular formula is C22H22N2O2S. The van der Waals surface area contributed by atoms with Gasteiger partial charge in [0.25, 0.3) is 11.1 Å². The van der Waals surface area contributed by atoms with Crippen LogP contribution in [0.1, 0.15) is 32.3 Å². The molecule has 0 radical (unpaired) electrons. The Morgan fingerprint density at radius 3 is 2.81 bits per heavy atom. The number of para-hydroxylation sites is 1. The molecule has 1 N–H and O–H groups in total. The second-order valence-corrected chi connectivity index (χ2v) is 9.42. The van der Waals surface area contributed by atoms with Crippen molar-refractivity contribution in [2.45, 2.75) is 33.2 Å². The van der Waals surface area contributed by atoms with Gasteiger partial charge in [-0.05, 0) is 54.0 Å². The van der Waals surface area contributed by atoms with Crippen molar-refractivity contribution < 1.29 is 9.59 Å². The molecular weight excluding hydrogens is 356 g/mol. The third kappa shape index (κ3) is 2.59. The van der Waals surface area contributed by atoms with Crippen LogP contribution in [0.4, 0.5) is 4.79 Å². The molecule has 2 bridgehead atoms. The Labute approximate surface area is 162 Å². The van der Waals surface area contributed by atoms with E-state index in [1.54, 1.807) is 0 Å². The quantitative estimate of drug-likeness (QED) is 0.607. The van der Waals surface area contributed by atoms with Crippen molar-refractivity contribution in [2.75, 3.05) is 0 Å². The summed E-state index contributed by atoms with van der Waals surface area (Å²) in [7, 11) is 0. The molecule has 0 unspecified atom stereocenters. The minimum atomic E-state index is -0.306. The molecule has 3 aliphatic carbocycles.